The molecule has 0 radical (unpaired) electrons. The quantitative estimate of drug-likeness (QED) is 0.691. The molecule has 4 rings (SSSR count). The molecule has 7 heteroatoms. The first-order chi connectivity index (χ1) is 13.2. The monoisotopic (exact) mass is 373 g/mol. The fourth-order valence-corrected chi connectivity index (χ4v) is 4.15. The molecule has 0 aromatic carbocycles. The van der Waals surface area contributed by atoms with Gasteiger partial charge in [-0.15, -0.1) is 0 Å². The molecular formula is C20H31N5O2. The summed E-state index contributed by atoms with van der Waals surface area (Å²) in [5.41, 5.74) is 0.811. The maximum absolute atomic E-state index is 12.4. The van der Waals surface area contributed by atoms with E-state index in [4.69, 9.17) is 0 Å². The molecule has 1 atom stereocenters. The van der Waals surface area contributed by atoms with E-state index in [1.54, 1.807) is 16.9 Å². The Kier molecular flexibility index (Phi) is 5.76. The van der Waals surface area contributed by atoms with Crippen LogP contribution in [0.2, 0.25) is 0 Å². The fraction of sp³-hybridized carbons (Fsp3) is 0.750. The minimum atomic E-state index is -0.0331. The Balaban J connectivity index is 1.22. The zero-order valence-electron chi connectivity index (χ0n) is 16.1. The Bertz CT molecular complexity index is 709. The molecule has 0 spiro atoms. The van der Waals surface area contributed by atoms with Crippen molar-refractivity contribution in [1.82, 2.24) is 20.0 Å². The van der Waals surface area contributed by atoms with Crippen LogP contribution < -0.4 is 15.8 Å². The van der Waals surface area contributed by atoms with Crippen LogP contribution in [0.3, 0.4) is 0 Å². The zero-order chi connectivity index (χ0) is 18.6. The number of nitrogens with zero attached hydrogens (tertiary/aromatic N) is 4. The number of aromatic nitrogens is 2. The second kappa shape index (κ2) is 8.42. The first-order valence-electron chi connectivity index (χ1n) is 10.5. The van der Waals surface area contributed by atoms with Gasteiger partial charge in [0.05, 0.1) is 17.8 Å². The number of likely N-dealkylation sites (tertiary alicyclic amines) is 1. The highest BCUT2D eigenvalue weighted by molar-refractivity contribution is 5.80. The summed E-state index contributed by atoms with van der Waals surface area (Å²) in [5.74, 6) is 0.783. The van der Waals surface area contributed by atoms with E-state index < -0.39 is 0 Å². The van der Waals surface area contributed by atoms with E-state index in [9.17, 15) is 9.59 Å². The number of nitrogens with one attached hydrogen (secondary N) is 1. The third-order valence-corrected chi connectivity index (χ3v) is 6.06. The maximum Gasteiger partial charge on any atom is 0.268 e. The van der Waals surface area contributed by atoms with E-state index in [1.165, 1.54) is 38.8 Å². The van der Waals surface area contributed by atoms with Crippen molar-refractivity contribution in [2.75, 3.05) is 44.2 Å². The lowest BCUT2D eigenvalue weighted by Gasteiger charge is -2.18. The van der Waals surface area contributed by atoms with Crippen LogP contribution in [-0.2, 0) is 11.3 Å². The molecule has 1 aromatic heterocycles. The largest absolute Gasteiger partial charge is 0.369 e. The van der Waals surface area contributed by atoms with Crippen molar-refractivity contribution in [3.8, 4) is 0 Å². The number of carbonyl (C=O) groups excluding carboxylic acids is 1. The van der Waals surface area contributed by atoms with Gasteiger partial charge < -0.3 is 15.1 Å². The van der Waals surface area contributed by atoms with E-state index in [0.717, 1.165) is 44.7 Å². The molecular weight excluding hydrogens is 342 g/mol. The lowest BCUT2D eigenvalue weighted by molar-refractivity contribution is -0.124. The second-order valence-corrected chi connectivity index (χ2v) is 8.30. The highest BCUT2D eigenvalue weighted by Crippen LogP contribution is 2.30. The third-order valence-electron chi connectivity index (χ3n) is 6.06. The van der Waals surface area contributed by atoms with Gasteiger partial charge in [0.15, 0.2) is 0 Å². The Hall–Kier alpha value is -1.89. The van der Waals surface area contributed by atoms with Crippen LogP contribution in [0, 0.1) is 11.8 Å². The van der Waals surface area contributed by atoms with Crippen molar-refractivity contribution in [2.45, 2.75) is 45.1 Å². The summed E-state index contributed by atoms with van der Waals surface area (Å²) in [6.45, 7) is 6.47. The van der Waals surface area contributed by atoms with Gasteiger partial charge in [-0.3, -0.25) is 9.59 Å². The molecule has 3 aliphatic rings. The topological polar surface area (TPSA) is 70.5 Å². The molecule has 1 amide bonds. The highest BCUT2D eigenvalue weighted by atomic mass is 16.2. The van der Waals surface area contributed by atoms with Crippen LogP contribution >= 0.6 is 0 Å². The summed E-state index contributed by atoms with van der Waals surface area (Å²) in [7, 11) is 0. The van der Waals surface area contributed by atoms with Gasteiger partial charge in [-0.05, 0) is 64.1 Å². The average molecular weight is 374 g/mol. The smallest absolute Gasteiger partial charge is 0.268 e. The summed E-state index contributed by atoms with van der Waals surface area (Å²) in [6, 6.07) is 1.67. The number of hydrogen-bond acceptors (Lipinski definition) is 5. The van der Waals surface area contributed by atoms with Crippen LogP contribution in [-0.4, -0.2) is 59.9 Å². The average Bonchev–Trinajstić information content (AvgIpc) is 3.13. The standard InChI is InChI=1S/C20H31N5O2/c26-19-12-18(13-22-25(19)14-16-4-5-16)24-11-6-17(15-24)20(27)21-7-3-10-23-8-1-2-9-23/h12-13,16-17H,1-11,14-15H2,(H,21,27). The summed E-state index contributed by atoms with van der Waals surface area (Å²) >= 11 is 0. The summed E-state index contributed by atoms with van der Waals surface area (Å²) in [4.78, 5) is 29.3. The van der Waals surface area contributed by atoms with Gasteiger partial charge in [0.25, 0.3) is 5.56 Å². The zero-order valence-corrected chi connectivity index (χ0v) is 16.1. The van der Waals surface area contributed by atoms with Gasteiger partial charge >= 0.3 is 0 Å². The van der Waals surface area contributed by atoms with Crippen molar-refractivity contribution < 1.29 is 4.79 Å². The molecule has 1 aliphatic carbocycles. The summed E-state index contributed by atoms with van der Waals surface area (Å²) in [6.07, 6.45) is 8.66. The molecule has 7 nitrogen and oxygen atoms in total. The molecule has 3 heterocycles. The fourth-order valence-electron chi connectivity index (χ4n) is 4.15. The van der Waals surface area contributed by atoms with E-state index in [1.807, 2.05) is 0 Å². The van der Waals surface area contributed by atoms with Crippen molar-refractivity contribution in [1.29, 1.82) is 0 Å². The van der Waals surface area contributed by atoms with E-state index in [-0.39, 0.29) is 17.4 Å². The van der Waals surface area contributed by atoms with Gasteiger partial charge in [-0.2, -0.15) is 5.10 Å². The molecule has 2 saturated heterocycles. The van der Waals surface area contributed by atoms with Crippen LogP contribution in [0.5, 0.6) is 0 Å². The van der Waals surface area contributed by atoms with Crippen LogP contribution in [0.25, 0.3) is 0 Å². The Morgan fingerprint density at radius 2 is 2.00 bits per heavy atom. The van der Waals surface area contributed by atoms with Crippen LogP contribution in [0.4, 0.5) is 5.69 Å². The van der Waals surface area contributed by atoms with Gasteiger partial charge in [-0.25, -0.2) is 4.68 Å². The first kappa shape index (κ1) is 18.5. The van der Waals surface area contributed by atoms with Crippen molar-refractivity contribution in [2.24, 2.45) is 11.8 Å². The van der Waals surface area contributed by atoms with Gasteiger partial charge in [0, 0.05) is 32.2 Å². The Morgan fingerprint density at radius 3 is 2.74 bits per heavy atom. The predicted molar refractivity (Wildman–Crippen MR) is 105 cm³/mol. The third kappa shape index (κ3) is 4.89. The minimum Gasteiger partial charge on any atom is -0.369 e. The number of hydrogen-bond donors (Lipinski definition) is 1. The summed E-state index contributed by atoms with van der Waals surface area (Å²) < 4.78 is 1.57. The molecule has 1 unspecified atom stereocenters. The van der Waals surface area contributed by atoms with E-state index >= 15 is 0 Å². The van der Waals surface area contributed by atoms with Gasteiger partial charge in [-0.1, -0.05) is 0 Å². The van der Waals surface area contributed by atoms with Crippen molar-refractivity contribution in [3.63, 3.8) is 0 Å². The maximum atomic E-state index is 12.4. The summed E-state index contributed by atoms with van der Waals surface area (Å²) in [5, 5.41) is 7.42. The number of anilines is 1. The van der Waals surface area contributed by atoms with Gasteiger partial charge in [0.2, 0.25) is 5.91 Å². The number of amides is 1. The normalized spacial score (nSPS) is 23.1. The first-order valence-corrected chi connectivity index (χ1v) is 10.5. The van der Waals surface area contributed by atoms with E-state index in [0.29, 0.717) is 12.5 Å². The highest BCUT2D eigenvalue weighted by Gasteiger charge is 2.29. The molecule has 0 bridgehead atoms. The lowest BCUT2D eigenvalue weighted by Crippen LogP contribution is -2.35. The SMILES string of the molecule is O=C(NCCCN1CCCC1)C1CCN(c2cnn(CC3CC3)c(=O)c2)C1. The van der Waals surface area contributed by atoms with Crippen LogP contribution in [0.1, 0.15) is 38.5 Å². The number of carbonyl (C=O) groups is 1. The van der Waals surface area contributed by atoms with Crippen LogP contribution in [0.15, 0.2) is 17.1 Å². The number of rotatable bonds is 8. The molecule has 148 valence electrons. The molecule has 27 heavy (non-hydrogen) atoms. The van der Waals surface area contributed by atoms with Crippen molar-refractivity contribution >= 4 is 11.6 Å². The predicted octanol–water partition coefficient (Wildman–Crippen LogP) is 1.08. The lowest BCUT2D eigenvalue weighted by atomic mass is 10.1. The Labute approximate surface area is 160 Å². The molecule has 1 N–H and O–H groups in total. The molecule has 1 saturated carbocycles. The Morgan fingerprint density at radius 1 is 1.19 bits per heavy atom. The minimum absolute atomic E-state index is 0.00526. The van der Waals surface area contributed by atoms with E-state index in [2.05, 4.69) is 20.2 Å². The molecule has 2 aliphatic heterocycles. The van der Waals surface area contributed by atoms with Crippen molar-refractivity contribution in [3.05, 3.63) is 22.6 Å². The molecule has 1 aromatic rings. The second-order valence-electron chi connectivity index (χ2n) is 8.30. The molecule has 3 fully saturated rings. The van der Waals surface area contributed by atoms with Gasteiger partial charge in [0.1, 0.15) is 0 Å².